The Bertz CT molecular complexity index is 221. The molecule has 1 heterocycles. The second-order valence-corrected chi connectivity index (χ2v) is 4.11. The molecule has 1 unspecified atom stereocenters. The summed E-state index contributed by atoms with van der Waals surface area (Å²) >= 11 is 1.65. The number of nitrogens with one attached hydrogen (secondary N) is 1. The van der Waals surface area contributed by atoms with Gasteiger partial charge in [-0.15, -0.1) is 11.3 Å². The van der Waals surface area contributed by atoms with Crippen LogP contribution >= 0.6 is 11.3 Å². The molecule has 0 spiro atoms. The van der Waals surface area contributed by atoms with E-state index in [4.69, 9.17) is 0 Å². The molecular formula is C9H17N3S. The number of nitrogens with zero attached hydrogens (tertiary/aromatic N) is 2. The lowest BCUT2D eigenvalue weighted by atomic mass is 10.2. The molecule has 0 saturated heterocycles. The molecule has 0 fully saturated rings. The molecule has 0 radical (unpaired) electrons. The fourth-order valence-electron chi connectivity index (χ4n) is 1.04. The van der Waals surface area contributed by atoms with E-state index < -0.39 is 0 Å². The summed E-state index contributed by atoms with van der Waals surface area (Å²) in [6.45, 7) is 4.21. The van der Waals surface area contributed by atoms with Crippen molar-refractivity contribution in [2.24, 2.45) is 0 Å². The Morgan fingerprint density at radius 1 is 1.62 bits per heavy atom. The van der Waals surface area contributed by atoms with Gasteiger partial charge in [0.05, 0.1) is 11.2 Å². The van der Waals surface area contributed by atoms with Gasteiger partial charge >= 0.3 is 0 Å². The molecule has 0 aliphatic rings. The quantitative estimate of drug-likeness (QED) is 0.776. The van der Waals surface area contributed by atoms with Gasteiger partial charge in [-0.05, 0) is 21.0 Å². The maximum Gasteiger partial charge on any atom is 0.0795 e. The molecule has 0 bridgehead atoms. The first-order chi connectivity index (χ1) is 6.20. The third-order valence-electron chi connectivity index (χ3n) is 1.90. The van der Waals surface area contributed by atoms with Crippen molar-refractivity contribution in [2.45, 2.75) is 13.0 Å². The van der Waals surface area contributed by atoms with Crippen molar-refractivity contribution in [3.05, 3.63) is 16.6 Å². The van der Waals surface area contributed by atoms with E-state index in [-0.39, 0.29) is 0 Å². The molecule has 0 saturated carbocycles. The Morgan fingerprint density at radius 2 is 2.38 bits per heavy atom. The first kappa shape index (κ1) is 10.6. The molecule has 1 N–H and O–H groups in total. The maximum atomic E-state index is 4.26. The Balaban J connectivity index is 2.22. The van der Waals surface area contributed by atoms with Crippen LogP contribution in [0.1, 0.15) is 18.7 Å². The Kier molecular flexibility index (Phi) is 4.35. The van der Waals surface area contributed by atoms with E-state index in [0.717, 1.165) is 18.8 Å². The molecule has 0 amide bonds. The third-order valence-corrected chi connectivity index (χ3v) is 2.51. The minimum Gasteiger partial charge on any atom is -0.308 e. The Morgan fingerprint density at radius 3 is 2.92 bits per heavy atom. The summed E-state index contributed by atoms with van der Waals surface area (Å²) in [6.07, 6.45) is 0. The zero-order chi connectivity index (χ0) is 9.68. The normalized spacial score (nSPS) is 13.5. The summed E-state index contributed by atoms with van der Waals surface area (Å²) in [5.74, 6) is 0. The van der Waals surface area contributed by atoms with Gasteiger partial charge in [-0.1, -0.05) is 0 Å². The van der Waals surface area contributed by atoms with Gasteiger partial charge < -0.3 is 10.2 Å². The van der Waals surface area contributed by atoms with Crippen LogP contribution in [0.15, 0.2) is 10.9 Å². The molecule has 74 valence electrons. The number of hydrogen-bond acceptors (Lipinski definition) is 4. The minimum atomic E-state index is 0.367. The molecule has 1 rings (SSSR count). The van der Waals surface area contributed by atoms with Crippen LogP contribution in [0.5, 0.6) is 0 Å². The van der Waals surface area contributed by atoms with Crippen molar-refractivity contribution < 1.29 is 0 Å². The van der Waals surface area contributed by atoms with Crippen LogP contribution in [0.25, 0.3) is 0 Å². The number of rotatable bonds is 5. The molecule has 1 atom stereocenters. The SMILES string of the molecule is CC(NCCN(C)C)c1cscn1. The molecular weight excluding hydrogens is 182 g/mol. The van der Waals surface area contributed by atoms with E-state index in [9.17, 15) is 0 Å². The summed E-state index contributed by atoms with van der Waals surface area (Å²) in [5.41, 5.74) is 3.02. The number of thiazole rings is 1. The zero-order valence-corrected chi connectivity index (χ0v) is 9.27. The fourth-order valence-corrected chi connectivity index (χ4v) is 1.69. The van der Waals surface area contributed by atoms with Crippen LogP contribution < -0.4 is 5.32 Å². The number of likely N-dealkylation sites (N-methyl/N-ethyl adjacent to an activating group) is 1. The van der Waals surface area contributed by atoms with Crippen LogP contribution in [-0.2, 0) is 0 Å². The second kappa shape index (κ2) is 5.32. The fraction of sp³-hybridized carbons (Fsp3) is 0.667. The van der Waals surface area contributed by atoms with Gasteiger partial charge in [-0.25, -0.2) is 4.98 Å². The van der Waals surface area contributed by atoms with Crippen molar-refractivity contribution in [1.29, 1.82) is 0 Å². The summed E-state index contributed by atoms with van der Waals surface area (Å²) in [4.78, 5) is 6.42. The van der Waals surface area contributed by atoms with E-state index >= 15 is 0 Å². The van der Waals surface area contributed by atoms with Crippen LogP contribution in [0.4, 0.5) is 0 Å². The van der Waals surface area contributed by atoms with Crippen LogP contribution in [-0.4, -0.2) is 37.1 Å². The van der Waals surface area contributed by atoms with Gasteiger partial charge in [0.15, 0.2) is 0 Å². The first-order valence-electron chi connectivity index (χ1n) is 4.46. The van der Waals surface area contributed by atoms with E-state index in [0.29, 0.717) is 6.04 Å². The van der Waals surface area contributed by atoms with Gasteiger partial charge in [0.1, 0.15) is 0 Å². The van der Waals surface area contributed by atoms with Gasteiger partial charge in [0.2, 0.25) is 0 Å². The monoisotopic (exact) mass is 199 g/mol. The Hall–Kier alpha value is -0.450. The third kappa shape index (κ3) is 3.85. The van der Waals surface area contributed by atoms with Crippen molar-refractivity contribution in [3.8, 4) is 0 Å². The molecule has 0 aromatic carbocycles. The van der Waals surface area contributed by atoms with Crippen LogP contribution in [0.2, 0.25) is 0 Å². The molecule has 3 nitrogen and oxygen atoms in total. The minimum absolute atomic E-state index is 0.367. The summed E-state index contributed by atoms with van der Waals surface area (Å²) in [6, 6.07) is 0.367. The average Bonchev–Trinajstić information content (AvgIpc) is 2.55. The van der Waals surface area contributed by atoms with Gasteiger partial charge in [-0.3, -0.25) is 0 Å². The highest BCUT2D eigenvalue weighted by Crippen LogP contribution is 2.10. The predicted molar refractivity (Wildman–Crippen MR) is 57.1 cm³/mol. The van der Waals surface area contributed by atoms with Crippen LogP contribution in [0, 0.1) is 0 Å². The van der Waals surface area contributed by atoms with Crippen LogP contribution in [0.3, 0.4) is 0 Å². The average molecular weight is 199 g/mol. The first-order valence-corrected chi connectivity index (χ1v) is 5.40. The number of aromatic nitrogens is 1. The Labute approximate surface area is 83.8 Å². The van der Waals surface area contributed by atoms with Crippen molar-refractivity contribution in [3.63, 3.8) is 0 Å². The molecule has 4 heteroatoms. The standard InChI is InChI=1S/C9H17N3S/c1-8(9-6-13-7-11-9)10-4-5-12(2)3/h6-8,10H,4-5H2,1-3H3. The van der Waals surface area contributed by atoms with Crippen molar-refractivity contribution in [2.75, 3.05) is 27.2 Å². The second-order valence-electron chi connectivity index (χ2n) is 3.39. The summed E-state index contributed by atoms with van der Waals surface area (Å²) in [5, 5.41) is 5.51. The highest BCUT2D eigenvalue weighted by molar-refractivity contribution is 7.07. The molecule has 0 aliphatic heterocycles. The van der Waals surface area contributed by atoms with E-state index in [1.165, 1.54) is 0 Å². The summed E-state index contributed by atoms with van der Waals surface area (Å²) < 4.78 is 0. The zero-order valence-electron chi connectivity index (χ0n) is 8.45. The van der Waals surface area contributed by atoms with E-state index in [1.54, 1.807) is 11.3 Å². The van der Waals surface area contributed by atoms with Gasteiger partial charge in [0, 0.05) is 24.5 Å². The van der Waals surface area contributed by atoms with E-state index in [2.05, 4.69) is 41.6 Å². The lowest BCUT2D eigenvalue weighted by Crippen LogP contribution is -2.28. The molecule has 13 heavy (non-hydrogen) atoms. The lowest BCUT2D eigenvalue weighted by Gasteiger charge is -2.14. The molecule has 1 aromatic heterocycles. The largest absolute Gasteiger partial charge is 0.308 e. The lowest BCUT2D eigenvalue weighted by molar-refractivity contribution is 0.388. The van der Waals surface area contributed by atoms with E-state index in [1.807, 2.05) is 5.51 Å². The smallest absolute Gasteiger partial charge is 0.0795 e. The van der Waals surface area contributed by atoms with Crippen molar-refractivity contribution >= 4 is 11.3 Å². The highest BCUT2D eigenvalue weighted by Gasteiger charge is 2.05. The number of hydrogen-bond donors (Lipinski definition) is 1. The van der Waals surface area contributed by atoms with Gasteiger partial charge in [0.25, 0.3) is 0 Å². The topological polar surface area (TPSA) is 28.2 Å². The predicted octanol–water partition coefficient (Wildman–Crippen LogP) is 1.36. The summed E-state index contributed by atoms with van der Waals surface area (Å²) in [7, 11) is 4.16. The molecule has 0 aliphatic carbocycles. The maximum absolute atomic E-state index is 4.26. The molecule has 1 aromatic rings. The van der Waals surface area contributed by atoms with Crippen molar-refractivity contribution in [1.82, 2.24) is 15.2 Å². The van der Waals surface area contributed by atoms with Gasteiger partial charge in [-0.2, -0.15) is 0 Å². The highest BCUT2D eigenvalue weighted by atomic mass is 32.1.